The third-order valence-corrected chi connectivity index (χ3v) is 6.34. The summed E-state index contributed by atoms with van der Waals surface area (Å²) < 4.78 is 1.58. The van der Waals surface area contributed by atoms with Crippen LogP contribution in [0.1, 0.15) is 27.3 Å². The summed E-state index contributed by atoms with van der Waals surface area (Å²) in [6, 6.07) is 14.8. The first-order valence-electron chi connectivity index (χ1n) is 11.0. The van der Waals surface area contributed by atoms with E-state index in [-0.39, 0.29) is 23.6 Å². The summed E-state index contributed by atoms with van der Waals surface area (Å²) in [5.41, 5.74) is 1.79. The van der Waals surface area contributed by atoms with Crippen molar-refractivity contribution in [3.05, 3.63) is 72.2 Å². The molecule has 1 amide bonds. The maximum absolute atomic E-state index is 12.8. The molecular formula is C24H21N7O3. The van der Waals surface area contributed by atoms with Crippen LogP contribution in [-0.4, -0.2) is 66.6 Å². The van der Waals surface area contributed by atoms with Gasteiger partial charge in [-0.1, -0.05) is 18.2 Å². The normalized spacial score (nSPS) is 19.0. The number of anilines is 2. The third-order valence-electron chi connectivity index (χ3n) is 6.34. The second kappa shape index (κ2) is 7.92. The van der Waals surface area contributed by atoms with E-state index in [1.165, 1.54) is 0 Å². The molecule has 2 saturated heterocycles. The molecule has 2 fully saturated rings. The number of pyridine rings is 1. The van der Waals surface area contributed by atoms with Crippen LogP contribution in [0.2, 0.25) is 0 Å². The van der Waals surface area contributed by atoms with Crippen LogP contribution >= 0.6 is 0 Å². The molecule has 10 heteroatoms. The number of benzene rings is 1. The summed E-state index contributed by atoms with van der Waals surface area (Å²) in [5.74, 6) is -0.307. The summed E-state index contributed by atoms with van der Waals surface area (Å²) >= 11 is 0. The van der Waals surface area contributed by atoms with E-state index in [2.05, 4.69) is 25.6 Å². The molecule has 0 spiro atoms. The first kappa shape index (κ1) is 20.3. The van der Waals surface area contributed by atoms with Crippen molar-refractivity contribution in [1.82, 2.24) is 29.7 Å². The summed E-state index contributed by atoms with van der Waals surface area (Å²) in [7, 11) is 0. The average Bonchev–Trinajstić information content (AvgIpc) is 3.59. The Hall–Kier alpha value is -4.31. The minimum Gasteiger partial charge on any atom is -0.477 e. The van der Waals surface area contributed by atoms with Gasteiger partial charge in [0.2, 0.25) is 5.95 Å². The van der Waals surface area contributed by atoms with E-state index in [1.807, 2.05) is 35.2 Å². The predicted molar refractivity (Wildman–Crippen MR) is 125 cm³/mol. The molecule has 0 saturated carbocycles. The highest BCUT2D eigenvalue weighted by molar-refractivity contribution is 5.95. The fourth-order valence-corrected chi connectivity index (χ4v) is 4.73. The Balaban J connectivity index is 1.27. The maximum atomic E-state index is 12.8. The molecule has 6 rings (SSSR count). The van der Waals surface area contributed by atoms with E-state index in [0.29, 0.717) is 34.1 Å². The van der Waals surface area contributed by atoms with Gasteiger partial charge in [0.25, 0.3) is 5.91 Å². The highest BCUT2D eigenvalue weighted by Gasteiger charge is 2.40. The van der Waals surface area contributed by atoms with Crippen LogP contribution in [0, 0.1) is 0 Å². The lowest BCUT2D eigenvalue weighted by molar-refractivity contribution is 0.0686. The molecule has 10 nitrogen and oxygen atoms in total. The van der Waals surface area contributed by atoms with Crippen molar-refractivity contribution in [1.29, 1.82) is 0 Å². The number of rotatable bonds is 5. The van der Waals surface area contributed by atoms with Crippen LogP contribution < -0.4 is 10.6 Å². The average molecular weight is 455 g/mol. The molecule has 3 aromatic heterocycles. The van der Waals surface area contributed by atoms with Crippen LogP contribution in [0.5, 0.6) is 0 Å². The van der Waals surface area contributed by atoms with E-state index >= 15 is 0 Å². The van der Waals surface area contributed by atoms with Gasteiger partial charge in [0, 0.05) is 48.6 Å². The molecule has 5 heterocycles. The second-order valence-corrected chi connectivity index (χ2v) is 8.49. The minimum atomic E-state index is -1.06. The summed E-state index contributed by atoms with van der Waals surface area (Å²) in [4.78, 5) is 39.8. The molecule has 1 aromatic carbocycles. The third kappa shape index (κ3) is 3.44. The zero-order chi connectivity index (χ0) is 23.2. The van der Waals surface area contributed by atoms with Crippen molar-refractivity contribution in [2.45, 2.75) is 18.5 Å². The molecule has 0 radical (unpaired) electrons. The number of carboxylic acids is 1. The molecule has 2 atom stereocenters. The van der Waals surface area contributed by atoms with Crippen molar-refractivity contribution in [3.63, 3.8) is 0 Å². The van der Waals surface area contributed by atoms with Crippen LogP contribution in [0.15, 0.2) is 60.9 Å². The van der Waals surface area contributed by atoms with Gasteiger partial charge in [0.15, 0.2) is 5.65 Å². The van der Waals surface area contributed by atoms with Crippen molar-refractivity contribution in [2.75, 3.05) is 18.4 Å². The Morgan fingerprint density at radius 2 is 1.94 bits per heavy atom. The number of para-hydroxylation sites is 1. The van der Waals surface area contributed by atoms with Gasteiger partial charge >= 0.3 is 5.97 Å². The lowest BCUT2D eigenvalue weighted by Crippen LogP contribution is -2.46. The fourth-order valence-electron chi connectivity index (χ4n) is 4.73. The number of fused-ring (bicyclic) bond motifs is 3. The van der Waals surface area contributed by atoms with Gasteiger partial charge in [0.05, 0.1) is 5.56 Å². The lowest BCUT2D eigenvalue weighted by atomic mass is 10.2. The van der Waals surface area contributed by atoms with Gasteiger partial charge in [-0.05, 0) is 36.8 Å². The topological polar surface area (TPSA) is 125 Å². The molecule has 2 aliphatic heterocycles. The molecular weight excluding hydrogens is 434 g/mol. The number of aromatic carboxylic acids is 1. The Morgan fingerprint density at radius 3 is 2.62 bits per heavy atom. The van der Waals surface area contributed by atoms with Crippen LogP contribution in [0.4, 0.5) is 11.8 Å². The number of hydrogen-bond acceptors (Lipinski definition) is 7. The largest absolute Gasteiger partial charge is 0.477 e. The van der Waals surface area contributed by atoms with Crippen molar-refractivity contribution in [3.8, 4) is 5.69 Å². The van der Waals surface area contributed by atoms with E-state index < -0.39 is 5.97 Å². The molecule has 0 aliphatic carbocycles. The number of carbonyl (C=O) groups excluding carboxylic acids is 1. The summed E-state index contributed by atoms with van der Waals surface area (Å²) in [6.45, 7) is 1.58. The number of aromatic nitrogens is 4. The second-order valence-electron chi connectivity index (χ2n) is 8.49. The van der Waals surface area contributed by atoms with E-state index in [4.69, 9.17) is 0 Å². The van der Waals surface area contributed by atoms with Crippen molar-refractivity contribution in [2.24, 2.45) is 0 Å². The Labute approximate surface area is 194 Å². The number of hydrogen-bond donors (Lipinski definition) is 3. The smallest absolute Gasteiger partial charge is 0.352 e. The molecule has 2 bridgehead atoms. The predicted octanol–water partition coefficient (Wildman–Crippen LogP) is 2.44. The summed E-state index contributed by atoms with van der Waals surface area (Å²) in [5, 5.41) is 16.7. The van der Waals surface area contributed by atoms with Crippen LogP contribution in [0.3, 0.4) is 0 Å². The molecule has 2 unspecified atom stereocenters. The lowest BCUT2D eigenvalue weighted by Gasteiger charge is -2.27. The van der Waals surface area contributed by atoms with E-state index in [9.17, 15) is 14.7 Å². The zero-order valence-corrected chi connectivity index (χ0v) is 18.0. The van der Waals surface area contributed by atoms with Crippen molar-refractivity contribution >= 4 is 34.7 Å². The van der Waals surface area contributed by atoms with Gasteiger partial charge in [-0.3, -0.25) is 9.36 Å². The quantitative estimate of drug-likeness (QED) is 0.419. The van der Waals surface area contributed by atoms with Gasteiger partial charge in [0.1, 0.15) is 11.5 Å². The first-order valence-corrected chi connectivity index (χ1v) is 11.0. The zero-order valence-electron chi connectivity index (χ0n) is 18.0. The molecule has 4 aromatic rings. The highest BCUT2D eigenvalue weighted by Crippen LogP contribution is 2.26. The molecule has 2 aliphatic rings. The minimum absolute atomic E-state index is 0.00684. The van der Waals surface area contributed by atoms with Crippen LogP contribution in [0.25, 0.3) is 16.7 Å². The Bertz CT molecular complexity index is 1400. The van der Waals surface area contributed by atoms with Crippen molar-refractivity contribution < 1.29 is 14.7 Å². The highest BCUT2D eigenvalue weighted by atomic mass is 16.4. The maximum Gasteiger partial charge on any atom is 0.352 e. The van der Waals surface area contributed by atoms with Gasteiger partial charge in [-0.25, -0.2) is 14.8 Å². The van der Waals surface area contributed by atoms with Gasteiger partial charge in [-0.2, -0.15) is 4.98 Å². The SMILES string of the molecule is O=C(O)c1cc2cnc(Nc3ccc(C(=O)N4CC5CC4CN5)cn3)nc2n1-c1ccccc1. The number of carbonyl (C=O) groups is 2. The number of nitrogens with one attached hydrogen (secondary N) is 2. The fraction of sp³-hybridized carbons (Fsp3) is 0.208. The van der Waals surface area contributed by atoms with Gasteiger partial charge < -0.3 is 20.6 Å². The van der Waals surface area contributed by atoms with E-state index in [0.717, 1.165) is 19.5 Å². The standard InChI is InChI=1S/C24H21N7O3/c32-22(30-13-16-9-18(30)12-25-16)14-6-7-20(26-10-14)28-24-27-11-15-8-19(23(33)34)31(21(15)29-24)17-4-2-1-3-5-17/h1-8,10-11,16,18,25H,9,12-13H2,(H,33,34)(H,26,27,28,29). The number of piperazine rings is 1. The van der Waals surface area contributed by atoms with Crippen LogP contribution in [-0.2, 0) is 0 Å². The monoisotopic (exact) mass is 455 g/mol. The van der Waals surface area contributed by atoms with E-state index in [1.54, 1.807) is 35.2 Å². The number of carboxylic acid groups (broad SMARTS) is 1. The first-order chi connectivity index (χ1) is 16.6. The Kier molecular flexibility index (Phi) is 4.73. The Morgan fingerprint density at radius 1 is 1.09 bits per heavy atom. The van der Waals surface area contributed by atoms with Gasteiger partial charge in [-0.15, -0.1) is 0 Å². The number of likely N-dealkylation sites (tertiary alicyclic amines) is 1. The number of nitrogens with zero attached hydrogens (tertiary/aromatic N) is 5. The molecule has 170 valence electrons. The number of amides is 1. The molecule has 34 heavy (non-hydrogen) atoms. The molecule has 3 N–H and O–H groups in total. The summed E-state index contributed by atoms with van der Waals surface area (Å²) in [6.07, 6.45) is 4.13.